The molecule has 18 heavy (non-hydrogen) atoms. The molecule has 1 N–H and O–H groups in total. The van der Waals surface area contributed by atoms with E-state index in [4.69, 9.17) is 15.1 Å². The maximum Gasteiger partial charge on any atom is 0.356 e. The first-order valence-corrected chi connectivity index (χ1v) is 4.94. The van der Waals surface area contributed by atoms with Gasteiger partial charge in [-0.1, -0.05) is 0 Å². The summed E-state index contributed by atoms with van der Waals surface area (Å²) in [6.45, 7) is 0. The van der Waals surface area contributed by atoms with Crippen LogP contribution in [0, 0.1) is 11.3 Å². The van der Waals surface area contributed by atoms with E-state index in [1.54, 1.807) is 24.3 Å². The van der Waals surface area contributed by atoms with Gasteiger partial charge in [-0.3, -0.25) is 0 Å². The van der Waals surface area contributed by atoms with Crippen LogP contribution in [0.15, 0.2) is 36.4 Å². The van der Waals surface area contributed by atoms with Crippen molar-refractivity contribution in [2.24, 2.45) is 0 Å². The number of carboxylic acid groups (broad SMARTS) is 1. The summed E-state index contributed by atoms with van der Waals surface area (Å²) in [6, 6.07) is 11.1. The van der Waals surface area contributed by atoms with Gasteiger partial charge in [-0.15, -0.1) is 10.2 Å². The van der Waals surface area contributed by atoms with Crippen LogP contribution in [0.5, 0.6) is 11.6 Å². The van der Waals surface area contributed by atoms with Gasteiger partial charge in [0.25, 0.3) is 0 Å². The number of hydrogen-bond acceptors (Lipinski definition) is 5. The van der Waals surface area contributed by atoms with Crippen LogP contribution in [0.4, 0.5) is 0 Å². The Balaban J connectivity index is 2.13. The Labute approximate surface area is 102 Å². The molecule has 1 heterocycles. The topological polar surface area (TPSA) is 96.1 Å². The standard InChI is InChI=1S/C12H7N3O3/c13-7-8-1-3-9(4-2-8)18-11-6-5-10(12(16)17)14-15-11/h1-6H,(H,16,17). The molecule has 0 aliphatic carbocycles. The van der Waals surface area contributed by atoms with Crippen molar-refractivity contribution < 1.29 is 14.6 Å². The van der Waals surface area contributed by atoms with Gasteiger partial charge in [-0.2, -0.15) is 5.26 Å². The molecule has 6 heteroatoms. The minimum absolute atomic E-state index is 0.151. The number of carbonyl (C=O) groups is 1. The van der Waals surface area contributed by atoms with Crippen molar-refractivity contribution in [2.45, 2.75) is 0 Å². The second kappa shape index (κ2) is 4.93. The second-order valence-corrected chi connectivity index (χ2v) is 3.30. The Morgan fingerprint density at radius 2 is 1.89 bits per heavy atom. The van der Waals surface area contributed by atoms with Gasteiger partial charge in [0, 0.05) is 6.07 Å². The average Bonchev–Trinajstić information content (AvgIpc) is 2.40. The summed E-state index contributed by atoms with van der Waals surface area (Å²) in [5.41, 5.74) is 0.372. The molecule has 0 amide bonds. The van der Waals surface area contributed by atoms with E-state index in [0.29, 0.717) is 11.3 Å². The molecule has 0 saturated heterocycles. The van der Waals surface area contributed by atoms with Crippen LogP contribution < -0.4 is 4.74 Å². The van der Waals surface area contributed by atoms with Crippen LogP contribution in [-0.2, 0) is 0 Å². The molecule has 0 atom stereocenters. The number of rotatable bonds is 3. The molecule has 2 rings (SSSR count). The third-order valence-electron chi connectivity index (χ3n) is 2.07. The largest absolute Gasteiger partial charge is 0.476 e. The number of carboxylic acids is 1. The molecule has 1 aromatic carbocycles. The molecule has 88 valence electrons. The number of ether oxygens (including phenoxy) is 1. The van der Waals surface area contributed by atoms with Crippen molar-refractivity contribution in [3.63, 3.8) is 0 Å². The predicted molar refractivity (Wildman–Crippen MR) is 60.2 cm³/mol. The second-order valence-electron chi connectivity index (χ2n) is 3.30. The minimum atomic E-state index is -1.15. The first kappa shape index (κ1) is 11.5. The van der Waals surface area contributed by atoms with Gasteiger partial charge < -0.3 is 9.84 Å². The maximum absolute atomic E-state index is 10.6. The average molecular weight is 241 g/mol. The van der Waals surface area contributed by atoms with Gasteiger partial charge in [0.1, 0.15) is 5.75 Å². The van der Waals surface area contributed by atoms with E-state index in [0.717, 1.165) is 0 Å². The van der Waals surface area contributed by atoms with Crippen molar-refractivity contribution in [1.82, 2.24) is 10.2 Å². The lowest BCUT2D eigenvalue weighted by Gasteiger charge is -2.03. The number of aromatic carboxylic acids is 1. The summed E-state index contributed by atoms with van der Waals surface area (Å²) in [5, 5.41) is 24.4. The third kappa shape index (κ3) is 2.59. The van der Waals surface area contributed by atoms with Crippen molar-refractivity contribution in [1.29, 1.82) is 5.26 Å². The van der Waals surface area contributed by atoms with E-state index >= 15 is 0 Å². The van der Waals surface area contributed by atoms with Crippen LogP contribution in [0.3, 0.4) is 0 Å². The SMILES string of the molecule is N#Cc1ccc(Oc2ccc(C(=O)O)nn2)cc1. The number of benzene rings is 1. The minimum Gasteiger partial charge on any atom is -0.476 e. The van der Waals surface area contributed by atoms with Gasteiger partial charge in [0.2, 0.25) is 5.88 Å². The number of nitriles is 1. The van der Waals surface area contributed by atoms with Crippen molar-refractivity contribution in [3.8, 4) is 17.7 Å². The van der Waals surface area contributed by atoms with E-state index in [-0.39, 0.29) is 11.6 Å². The molecule has 0 bridgehead atoms. The predicted octanol–water partition coefficient (Wildman–Crippen LogP) is 1.84. The van der Waals surface area contributed by atoms with E-state index in [2.05, 4.69) is 10.2 Å². The summed E-state index contributed by atoms with van der Waals surface area (Å²) in [6.07, 6.45) is 0. The van der Waals surface area contributed by atoms with Gasteiger partial charge in [0.15, 0.2) is 5.69 Å². The Bertz CT molecular complexity index is 600. The number of nitrogens with zero attached hydrogens (tertiary/aromatic N) is 3. The van der Waals surface area contributed by atoms with Crippen molar-refractivity contribution in [2.75, 3.05) is 0 Å². The lowest BCUT2D eigenvalue weighted by Crippen LogP contribution is -2.02. The smallest absolute Gasteiger partial charge is 0.356 e. The fraction of sp³-hybridized carbons (Fsp3) is 0. The maximum atomic E-state index is 10.6. The van der Waals surface area contributed by atoms with E-state index in [9.17, 15) is 4.79 Å². The van der Waals surface area contributed by atoms with Gasteiger partial charge in [0.05, 0.1) is 11.6 Å². The lowest BCUT2D eigenvalue weighted by atomic mass is 10.2. The third-order valence-corrected chi connectivity index (χ3v) is 2.07. The molecule has 0 radical (unpaired) electrons. The molecule has 0 aliphatic heterocycles. The van der Waals surface area contributed by atoms with Crippen LogP contribution in [0.2, 0.25) is 0 Å². The fourth-order valence-corrected chi connectivity index (χ4v) is 1.21. The highest BCUT2D eigenvalue weighted by Crippen LogP contribution is 2.18. The van der Waals surface area contributed by atoms with Crippen LogP contribution in [-0.4, -0.2) is 21.3 Å². The van der Waals surface area contributed by atoms with Gasteiger partial charge >= 0.3 is 5.97 Å². The summed E-state index contributed by atoms with van der Waals surface area (Å²) >= 11 is 0. The molecule has 0 aliphatic rings. The molecule has 2 aromatic rings. The van der Waals surface area contributed by atoms with E-state index in [1.807, 2.05) is 6.07 Å². The Kier molecular flexibility index (Phi) is 3.16. The lowest BCUT2D eigenvalue weighted by molar-refractivity contribution is 0.0689. The highest BCUT2D eigenvalue weighted by atomic mass is 16.5. The molecular weight excluding hydrogens is 234 g/mol. The normalized spacial score (nSPS) is 9.50. The zero-order valence-electron chi connectivity index (χ0n) is 9.07. The van der Waals surface area contributed by atoms with Crippen LogP contribution in [0.1, 0.15) is 16.1 Å². The summed E-state index contributed by atoms with van der Waals surface area (Å²) in [7, 11) is 0. The molecule has 0 unspecified atom stereocenters. The summed E-state index contributed by atoms with van der Waals surface area (Å²) < 4.78 is 5.34. The monoisotopic (exact) mass is 241 g/mol. The van der Waals surface area contributed by atoms with Crippen molar-refractivity contribution >= 4 is 5.97 Å². The van der Waals surface area contributed by atoms with Crippen LogP contribution in [0.25, 0.3) is 0 Å². The highest BCUT2D eigenvalue weighted by molar-refractivity contribution is 5.84. The Hall–Kier alpha value is -2.94. The summed E-state index contributed by atoms with van der Waals surface area (Å²) in [4.78, 5) is 10.6. The van der Waals surface area contributed by atoms with Crippen molar-refractivity contribution in [3.05, 3.63) is 47.7 Å². The Morgan fingerprint density at radius 3 is 2.39 bits per heavy atom. The molecule has 0 fully saturated rings. The van der Waals surface area contributed by atoms with Gasteiger partial charge in [-0.05, 0) is 30.3 Å². The zero-order chi connectivity index (χ0) is 13.0. The number of hydrogen-bond donors (Lipinski definition) is 1. The van der Waals surface area contributed by atoms with E-state index in [1.165, 1.54) is 12.1 Å². The van der Waals surface area contributed by atoms with Gasteiger partial charge in [-0.25, -0.2) is 4.79 Å². The first-order valence-electron chi connectivity index (χ1n) is 4.94. The number of aromatic nitrogens is 2. The molecule has 0 saturated carbocycles. The Morgan fingerprint density at radius 1 is 1.17 bits per heavy atom. The summed E-state index contributed by atoms with van der Waals surface area (Å²) in [5.74, 6) is -0.469. The first-order chi connectivity index (χ1) is 8.69. The van der Waals surface area contributed by atoms with Crippen LogP contribution >= 0.6 is 0 Å². The molecule has 6 nitrogen and oxygen atoms in total. The quantitative estimate of drug-likeness (QED) is 0.880. The molecule has 0 spiro atoms. The zero-order valence-corrected chi connectivity index (χ0v) is 9.07. The highest BCUT2D eigenvalue weighted by Gasteiger charge is 2.06. The fourth-order valence-electron chi connectivity index (χ4n) is 1.21. The molecule has 1 aromatic heterocycles. The van der Waals surface area contributed by atoms with E-state index < -0.39 is 5.97 Å². The molecular formula is C12H7N3O3.